The standard InChI is InChI=1S/C82H76N6O2/c1-79(2,3)59-43-60(80(4,5)6)46-63(45-59)87-71-33-23-31-65(75(71)85-77(87)67-29-19-21-35-73(67)89)55-37-53(51-25-15-13-16-26-51)39-57(41-55)69-49-70(84-50-83-69)58-40-54(52-27-17-14-18-28-52)38-56(42-58)66-32-24-34-72-76(66)86-78(68-30-20-22-36-74(68)90)88(72)64-47-61(81(7,8)9)44-62(48-64)82(10,11)12/h13-50,89-90H,1-12H3. The lowest BCUT2D eigenvalue weighted by molar-refractivity contribution is 0.476. The van der Waals surface area contributed by atoms with E-state index < -0.39 is 0 Å². The molecule has 13 aromatic rings. The zero-order valence-electron chi connectivity index (χ0n) is 53.5. The number of rotatable bonds is 10. The Morgan fingerprint density at radius 3 is 0.967 bits per heavy atom. The molecule has 3 heterocycles. The second-order valence-electron chi connectivity index (χ2n) is 28.1. The number of aromatic hydroxyl groups is 2. The van der Waals surface area contributed by atoms with E-state index >= 15 is 0 Å². The minimum absolute atomic E-state index is 0.134. The van der Waals surface area contributed by atoms with Gasteiger partial charge in [0.15, 0.2) is 0 Å². The van der Waals surface area contributed by atoms with Crippen molar-refractivity contribution in [2.24, 2.45) is 0 Å². The Labute approximate surface area is 529 Å². The monoisotopic (exact) mass is 1180 g/mol. The average Bonchev–Trinajstić information content (AvgIpc) is 1.60. The van der Waals surface area contributed by atoms with Gasteiger partial charge in [-0.1, -0.05) is 204 Å². The van der Waals surface area contributed by atoms with Crippen LogP contribution in [0, 0.1) is 0 Å². The van der Waals surface area contributed by atoms with Crippen LogP contribution in [0.3, 0.4) is 0 Å². The van der Waals surface area contributed by atoms with Crippen molar-refractivity contribution in [3.63, 3.8) is 0 Å². The Morgan fingerprint density at radius 2 is 0.611 bits per heavy atom. The van der Waals surface area contributed by atoms with Gasteiger partial charge in [0.05, 0.1) is 44.6 Å². The molecule has 0 saturated heterocycles. The Bertz CT molecular complexity index is 4520. The third kappa shape index (κ3) is 11.3. The van der Waals surface area contributed by atoms with Crippen LogP contribution in [0.25, 0.3) is 123 Å². The molecule has 0 aliphatic heterocycles. The molecule has 0 spiro atoms. The molecule has 8 nitrogen and oxygen atoms in total. The second kappa shape index (κ2) is 22.4. The maximum atomic E-state index is 11.6. The van der Waals surface area contributed by atoms with Gasteiger partial charge in [0.25, 0.3) is 0 Å². The normalized spacial score (nSPS) is 12.3. The van der Waals surface area contributed by atoms with Gasteiger partial charge < -0.3 is 10.2 Å². The summed E-state index contributed by atoms with van der Waals surface area (Å²) in [7, 11) is 0. The Balaban J connectivity index is 0.996. The number of imidazole rings is 2. The second-order valence-corrected chi connectivity index (χ2v) is 28.1. The Kier molecular flexibility index (Phi) is 14.7. The minimum Gasteiger partial charge on any atom is -0.507 e. The van der Waals surface area contributed by atoms with Crippen molar-refractivity contribution in [2.75, 3.05) is 0 Å². The summed E-state index contributed by atoms with van der Waals surface area (Å²) in [5.41, 5.74) is 22.4. The van der Waals surface area contributed by atoms with E-state index in [0.29, 0.717) is 22.8 Å². The molecule has 0 aliphatic rings. The molecule has 2 N–H and O–H groups in total. The summed E-state index contributed by atoms with van der Waals surface area (Å²) in [6.45, 7) is 27.1. The first-order valence-electron chi connectivity index (χ1n) is 31.1. The van der Waals surface area contributed by atoms with Crippen molar-refractivity contribution in [3.8, 4) is 113 Å². The maximum absolute atomic E-state index is 11.6. The number of benzene rings is 10. The molecule has 3 aromatic heterocycles. The molecule has 0 bridgehead atoms. The van der Waals surface area contributed by atoms with E-state index in [0.717, 1.165) is 100 Å². The topological polar surface area (TPSA) is 102 Å². The predicted octanol–water partition coefficient (Wildman–Crippen LogP) is 21.1. The summed E-state index contributed by atoms with van der Waals surface area (Å²) >= 11 is 0. The molecule has 0 atom stereocenters. The summed E-state index contributed by atoms with van der Waals surface area (Å²) in [4.78, 5) is 21.2. The number of hydrogen-bond acceptors (Lipinski definition) is 6. The molecule has 0 saturated carbocycles. The molecule has 446 valence electrons. The van der Waals surface area contributed by atoms with Crippen molar-refractivity contribution in [1.82, 2.24) is 29.1 Å². The van der Waals surface area contributed by atoms with Crippen LogP contribution in [0.15, 0.2) is 231 Å². The number of phenols is 2. The fraction of sp³-hybridized carbons (Fsp3) is 0.195. The third-order valence-corrected chi connectivity index (χ3v) is 17.4. The van der Waals surface area contributed by atoms with Gasteiger partial charge in [0.1, 0.15) is 29.5 Å². The fourth-order valence-electron chi connectivity index (χ4n) is 12.2. The molecule has 0 fully saturated rings. The molecule has 0 aliphatic carbocycles. The van der Waals surface area contributed by atoms with Crippen LogP contribution in [0.4, 0.5) is 0 Å². The molecule has 0 unspecified atom stereocenters. The smallest absolute Gasteiger partial charge is 0.149 e. The van der Waals surface area contributed by atoms with E-state index in [-0.39, 0.29) is 33.2 Å². The number of hydrogen-bond donors (Lipinski definition) is 2. The molecular weight excluding hydrogens is 1100 g/mol. The van der Waals surface area contributed by atoms with E-state index in [9.17, 15) is 10.2 Å². The number of nitrogens with zero attached hydrogens (tertiary/aromatic N) is 6. The SMILES string of the molecule is CC(C)(C)c1cc(-n2c(-c3ccccc3O)nc3c(-c4cc(-c5ccccc5)cc(-c5cc(-c6cc(-c7ccccc7)cc(-c7cccc8c7nc(-c7ccccc7O)n8-c7cc(C(C)(C)C)cc(C(C)(C)C)c7)c6)ncn5)c4)cccc32)cc(C(C)(C)C)c1. The number of phenolic OH excluding ortho intramolecular Hbond substituents is 2. The van der Waals surface area contributed by atoms with Gasteiger partial charge in [0, 0.05) is 33.6 Å². The first-order valence-corrected chi connectivity index (χ1v) is 31.1. The van der Waals surface area contributed by atoms with Gasteiger partial charge in [-0.2, -0.15) is 0 Å². The van der Waals surface area contributed by atoms with Gasteiger partial charge >= 0.3 is 0 Å². The van der Waals surface area contributed by atoms with Crippen LogP contribution in [-0.4, -0.2) is 39.3 Å². The summed E-state index contributed by atoms with van der Waals surface area (Å²) in [5, 5.41) is 23.2. The van der Waals surface area contributed by atoms with Crippen molar-refractivity contribution in [3.05, 3.63) is 253 Å². The van der Waals surface area contributed by atoms with Crippen LogP contribution in [0.2, 0.25) is 0 Å². The number of para-hydroxylation sites is 4. The van der Waals surface area contributed by atoms with Gasteiger partial charge in [-0.05, 0) is 180 Å². The largest absolute Gasteiger partial charge is 0.507 e. The molecule has 0 radical (unpaired) electrons. The Hall–Kier alpha value is -10.2. The predicted molar refractivity (Wildman–Crippen MR) is 373 cm³/mol. The highest BCUT2D eigenvalue weighted by Crippen LogP contribution is 2.45. The van der Waals surface area contributed by atoms with E-state index in [2.05, 4.69) is 256 Å². The Morgan fingerprint density at radius 1 is 0.289 bits per heavy atom. The quantitative estimate of drug-likeness (QED) is 0.141. The van der Waals surface area contributed by atoms with Crippen molar-refractivity contribution in [1.29, 1.82) is 0 Å². The van der Waals surface area contributed by atoms with E-state index in [4.69, 9.17) is 19.9 Å². The van der Waals surface area contributed by atoms with E-state index in [1.165, 1.54) is 22.3 Å². The van der Waals surface area contributed by atoms with Crippen molar-refractivity contribution in [2.45, 2.75) is 105 Å². The first kappa shape index (κ1) is 58.8. The van der Waals surface area contributed by atoms with Crippen molar-refractivity contribution < 1.29 is 10.2 Å². The average molecular weight is 1180 g/mol. The lowest BCUT2D eigenvalue weighted by atomic mass is 9.80. The maximum Gasteiger partial charge on any atom is 0.149 e. The molecule has 90 heavy (non-hydrogen) atoms. The van der Waals surface area contributed by atoms with Crippen LogP contribution in [0.1, 0.15) is 105 Å². The third-order valence-electron chi connectivity index (χ3n) is 17.4. The summed E-state index contributed by atoms with van der Waals surface area (Å²) in [6.07, 6.45) is 1.67. The summed E-state index contributed by atoms with van der Waals surface area (Å²) < 4.78 is 4.45. The number of aromatic nitrogens is 6. The fourth-order valence-corrected chi connectivity index (χ4v) is 12.2. The van der Waals surface area contributed by atoms with Gasteiger partial charge in [0.2, 0.25) is 0 Å². The van der Waals surface area contributed by atoms with E-state index in [1.54, 1.807) is 18.5 Å². The summed E-state index contributed by atoms with van der Waals surface area (Å²) in [5.74, 6) is 1.62. The highest BCUT2D eigenvalue weighted by atomic mass is 16.3. The van der Waals surface area contributed by atoms with Gasteiger partial charge in [-0.15, -0.1) is 0 Å². The summed E-state index contributed by atoms with van der Waals surface area (Å²) in [6, 6.07) is 78.0. The van der Waals surface area contributed by atoms with Gasteiger partial charge in [-0.3, -0.25) is 9.13 Å². The van der Waals surface area contributed by atoms with E-state index in [1.807, 2.05) is 48.5 Å². The van der Waals surface area contributed by atoms with Crippen molar-refractivity contribution >= 4 is 22.1 Å². The molecular formula is C82H76N6O2. The zero-order valence-corrected chi connectivity index (χ0v) is 53.5. The molecule has 0 amide bonds. The molecule has 8 heteroatoms. The highest BCUT2D eigenvalue weighted by Gasteiger charge is 2.28. The first-order chi connectivity index (χ1) is 42.9. The lowest BCUT2D eigenvalue weighted by Gasteiger charge is -2.27. The number of fused-ring (bicyclic) bond motifs is 2. The highest BCUT2D eigenvalue weighted by molar-refractivity contribution is 5.99. The van der Waals surface area contributed by atoms with Crippen LogP contribution in [-0.2, 0) is 21.7 Å². The molecule has 13 rings (SSSR count). The zero-order chi connectivity index (χ0) is 63.0. The van der Waals surface area contributed by atoms with Crippen LogP contribution in [0.5, 0.6) is 11.5 Å². The van der Waals surface area contributed by atoms with Gasteiger partial charge in [-0.25, -0.2) is 19.9 Å². The van der Waals surface area contributed by atoms with Crippen LogP contribution < -0.4 is 0 Å². The minimum atomic E-state index is -0.134. The van der Waals surface area contributed by atoms with Crippen LogP contribution >= 0.6 is 0 Å². The lowest BCUT2D eigenvalue weighted by Crippen LogP contribution is -2.17. The molecule has 10 aromatic carbocycles.